The highest BCUT2D eigenvalue weighted by Gasteiger charge is 2.26. The van der Waals surface area contributed by atoms with E-state index in [1.165, 1.54) is 5.56 Å². The Labute approximate surface area is 173 Å². The zero-order valence-corrected chi connectivity index (χ0v) is 18.3. The monoisotopic (exact) mass is 398 g/mol. The molecule has 6 nitrogen and oxygen atoms in total. The lowest BCUT2D eigenvalue weighted by molar-refractivity contribution is -0.132. The van der Waals surface area contributed by atoms with Crippen LogP contribution in [0.25, 0.3) is 17.5 Å². The summed E-state index contributed by atoms with van der Waals surface area (Å²) in [4.78, 5) is 17.6. The summed E-state index contributed by atoms with van der Waals surface area (Å²) in [5.41, 5.74) is 6.92. The number of fused-ring (bicyclic) bond motifs is 1. The lowest BCUT2D eigenvalue weighted by atomic mass is 9.88. The number of aliphatic hydroxyl groups is 1. The highest BCUT2D eigenvalue weighted by atomic mass is 16.3. The number of aromatic amines is 2. The summed E-state index contributed by atoms with van der Waals surface area (Å²) in [6.45, 7) is 11.1. The van der Waals surface area contributed by atoms with E-state index < -0.39 is 0 Å². The minimum absolute atomic E-state index is 0.0252. The summed E-state index contributed by atoms with van der Waals surface area (Å²) in [6, 6.07) is 2.12. The van der Waals surface area contributed by atoms with Gasteiger partial charge < -0.3 is 15.0 Å². The molecule has 0 radical (unpaired) electrons. The molecule has 1 aliphatic carbocycles. The van der Waals surface area contributed by atoms with Crippen molar-refractivity contribution in [3.63, 3.8) is 0 Å². The fourth-order valence-electron chi connectivity index (χ4n) is 3.93. The summed E-state index contributed by atoms with van der Waals surface area (Å²) in [7, 11) is 0. The van der Waals surface area contributed by atoms with Gasteiger partial charge in [0.25, 0.3) is 0 Å². The van der Waals surface area contributed by atoms with Crippen molar-refractivity contribution >= 4 is 12.0 Å². The largest absolute Gasteiger partial charge is 0.395 e. The van der Waals surface area contributed by atoms with Crippen molar-refractivity contribution in [1.82, 2.24) is 20.1 Å². The number of aliphatic hydroxyl groups excluding tert-OH is 1. The Bertz CT molecular complexity index is 885. The molecule has 3 rings (SSSR count). The minimum Gasteiger partial charge on any atom is -0.395 e. The van der Waals surface area contributed by atoms with Crippen LogP contribution in [0.2, 0.25) is 0 Å². The van der Waals surface area contributed by atoms with Crippen LogP contribution in [0.15, 0.2) is 12.1 Å². The van der Waals surface area contributed by atoms with Crippen LogP contribution in [0.1, 0.15) is 63.1 Å². The van der Waals surface area contributed by atoms with Gasteiger partial charge in [0.2, 0.25) is 5.91 Å². The number of nitrogens with zero attached hydrogens (tertiary/aromatic N) is 2. The molecule has 0 spiro atoms. The number of hydrogen-bond acceptors (Lipinski definition) is 3. The van der Waals surface area contributed by atoms with E-state index in [2.05, 4.69) is 61.1 Å². The zero-order valence-electron chi connectivity index (χ0n) is 18.3. The molecule has 0 fully saturated rings. The topological polar surface area (TPSA) is 85.0 Å². The standard InChI is InChI=1S/C23H34N4O2/c1-6-21(29)27(11-12-28)17-8-7-16-13-20(24-19(16)14-17)22-18(15(2)25-26-22)9-10-23(3,4)5/h7-8,13,17,24,28H,6,9-12,14H2,1-5H3,(H,25,26). The van der Waals surface area contributed by atoms with Crippen molar-refractivity contribution in [1.29, 1.82) is 0 Å². The van der Waals surface area contributed by atoms with Crippen LogP contribution in [0.5, 0.6) is 0 Å². The smallest absolute Gasteiger partial charge is 0.222 e. The fraction of sp³-hybridized carbons (Fsp3) is 0.565. The third-order valence-electron chi connectivity index (χ3n) is 5.66. The first-order chi connectivity index (χ1) is 13.7. The number of amides is 1. The molecule has 1 unspecified atom stereocenters. The van der Waals surface area contributed by atoms with Crippen molar-refractivity contribution in [2.24, 2.45) is 5.41 Å². The number of nitrogens with one attached hydrogen (secondary N) is 2. The molecule has 2 heterocycles. The van der Waals surface area contributed by atoms with E-state index >= 15 is 0 Å². The predicted octanol–water partition coefficient (Wildman–Crippen LogP) is 3.86. The van der Waals surface area contributed by atoms with Gasteiger partial charge in [-0.3, -0.25) is 9.89 Å². The van der Waals surface area contributed by atoms with Gasteiger partial charge in [-0.1, -0.05) is 39.8 Å². The highest BCUT2D eigenvalue weighted by Crippen LogP contribution is 2.32. The third-order valence-corrected chi connectivity index (χ3v) is 5.66. The number of hydrogen-bond donors (Lipinski definition) is 3. The summed E-state index contributed by atoms with van der Waals surface area (Å²) in [6.07, 6.45) is 7.39. The second-order valence-corrected chi connectivity index (χ2v) is 9.15. The Balaban J connectivity index is 1.84. The van der Waals surface area contributed by atoms with Crippen LogP contribution < -0.4 is 0 Å². The van der Waals surface area contributed by atoms with Crippen molar-refractivity contribution in [2.75, 3.05) is 13.2 Å². The highest BCUT2D eigenvalue weighted by molar-refractivity contribution is 5.77. The molecule has 1 aliphatic rings. The van der Waals surface area contributed by atoms with Gasteiger partial charge in [-0.05, 0) is 36.8 Å². The second-order valence-electron chi connectivity index (χ2n) is 9.15. The molecule has 0 bridgehead atoms. The Kier molecular flexibility index (Phi) is 6.32. The quantitative estimate of drug-likeness (QED) is 0.662. The van der Waals surface area contributed by atoms with Crippen LogP contribution in [0, 0.1) is 12.3 Å². The first kappa shape index (κ1) is 21.4. The molecule has 0 saturated carbocycles. The number of carbonyl (C=O) groups is 1. The van der Waals surface area contributed by atoms with Crippen molar-refractivity contribution in [2.45, 2.75) is 66.3 Å². The number of aromatic nitrogens is 3. The van der Waals surface area contributed by atoms with E-state index in [9.17, 15) is 9.90 Å². The molecule has 0 aromatic carbocycles. The zero-order chi connectivity index (χ0) is 21.2. The van der Waals surface area contributed by atoms with Crippen LogP contribution in [0.4, 0.5) is 0 Å². The average molecular weight is 399 g/mol. The van der Waals surface area contributed by atoms with Crippen molar-refractivity contribution < 1.29 is 9.90 Å². The van der Waals surface area contributed by atoms with E-state index in [-0.39, 0.29) is 24.0 Å². The molecular formula is C23H34N4O2. The number of rotatable bonds is 7. The van der Waals surface area contributed by atoms with Crippen molar-refractivity contribution in [3.05, 3.63) is 34.7 Å². The van der Waals surface area contributed by atoms with E-state index in [0.717, 1.165) is 47.6 Å². The first-order valence-corrected chi connectivity index (χ1v) is 10.6. The molecule has 1 atom stereocenters. The summed E-state index contributed by atoms with van der Waals surface area (Å²) >= 11 is 0. The van der Waals surface area contributed by atoms with Gasteiger partial charge >= 0.3 is 0 Å². The van der Waals surface area contributed by atoms with Crippen LogP contribution >= 0.6 is 0 Å². The van der Waals surface area contributed by atoms with Gasteiger partial charge in [-0.25, -0.2) is 0 Å². The molecule has 0 aliphatic heterocycles. The molecule has 6 heteroatoms. The molecule has 2 aromatic heterocycles. The van der Waals surface area contributed by atoms with Crippen LogP contribution in [-0.2, 0) is 17.6 Å². The molecule has 0 saturated heterocycles. The van der Waals surface area contributed by atoms with E-state index in [4.69, 9.17) is 0 Å². The minimum atomic E-state index is -0.0325. The average Bonchev–Trinajstić information content (AvgIpc) is 3.25. The first-order valence-electron chi connectivity index (χ1n) is 10.6. The van der Waals surface area contributed by atoms with Gasteiger partial charge in [-0.2, -0.15) is 5.10 Å². The summed E-state index contributed by atoms with van der Waals surface area (Å²) in [5.74, 6) is 0.0660. The number of aryl methyl sites for hydroxylation is 1. The maximum absolute atomic E-state index is 12.3. The molecular weight excluding hydrogens is 364 g/mol. The van der Waals surface area contributed by atoms with Crippen LogP contribution in [-0.4, -0.2) is 50.3 Å². The van der Waals surface area contributed by atoms with Gasteiger partial charge in [0.1, 0.15) is 5.69 Å². The van der Waals surface area contributed by atoms with Gasteiger partial charge in [0.15, 0.2) is 0 Å². The Morgan fingerprint density at radius 1 is 1.38 bits per heavy atom. The van der Waals surface area contributed by atoms with E-state index in [1.807, 2.05) is 6.92 Å². The lowest BCUT2D eigenvalue weighted by Crippen LogP contribution is -2.42. The van der Waals surface area contributed by atoms with E-state index in [1.54, 1.807) is 4.90 Å². The Morgan fingerprint density at radius 3 is 2.79 bits per heavy atom. The number of H-pyrrole nitrogens is 2. The maximum atomic E-state index is 12.3. The second kappa shape index (κ2) is 8.57. The summed E-state index contributed by atoms with van der Waals surface area (Å²) < 4.78 is 0. The molecule has 3 N–H and O–H groups in total. The van der Waals surface area contributed by atoms with Crippen molar-refractivity contribution in [3.8, 4) is 11.4 Å². The summed E-state index contributed by atoms with van der Waals surface area (Å²) in [5, 5.41) is 17.1. The number of carbonyl (C=O) groups excluding carboxylic acids is 1. The fourth-order valence-corrected chi connectivity index (χ4v) is 3.93. The molecule has 158 valence electrons. The van der Waals surface area contributed by atoms with Gasteiger partial charge in [0, 0.05) is 36.3 Å². The normalized spacial score (nSPS) is 16.1. The predicted molar refractivity (Wildman–Crippen MR) is 117 cm³/mol. The van der Waals surface area contributed by atoms with Crippen LogP contribution in [0.3, 0.4) is 0 Å². The SMILES string of the molecule is CCC(=O)N(CCO)C1C=Cc2cc(-c3n[nH]c(C)c3CCC(C)(C)C)[nH]c2C1. The Morgan fingerprint density at radius 2 is 2.14 bits per heavy atom. The molecule has 29 heavy (non-hydrogen) atoms. The third kappa shape index (κ3) is 4.81. The Hall–Kier alpha value is -2.34. The van der Waals surface area contributed by atoms with E-state index in [0.29, 0.717) is 13.0 Å². The lowest BCUT2D eigenvalue weighted by Gasteiger charge is -2.30. The van der Waals surface area contributed by atoms with Gasteiger partial charge in [-0.15, -0.1) is 0 Å². The molecule has 1 amide bonds. The molecule has 2 aromatic rings. The maximum Gasteiger partial charge on any atom is 0.222 e. The van der Waals surface area contributed by atoms with Gasteiger partial charge in [0.05, 0.1) is 18.3 Å².